The Bertz CT molecular complexity index is 461. The van der Waals surface area contributed by atoms with Crippen molar-refractivity contribution in [2.45, 2.75) is 71.3 Å². The Morgan fingerprint density at radius 1 is 1.35 bits per heavy atom. The Hall–Kier alpha value is -1.39. The molecule has 0 bridgehead atoms. The molecule has 0 aromatic carbocycles. The van der Waals surface area contributed by atoms with Gasteiger partial charge in [-0.3, -0.25) is 9.89 Å². The summed E-state index contributed by atoms with van der Waals surface area (Å²) in [6.07, 6.45) is 5.60. The fourth-order valence-corrected chi connectivity index (χ4v) is 2.69. The molecule has 1 unspecified atom stereocenters. The van der Waals surface area contributed by atoms with Crippen molar-refractivity contribution in [2.24, 2.45) is 0 Å². The van der Waals surface area contributed by atoms with Gasteiger partial charge in [0.05, 0.1) is 0 Å². The van der Waals surface area contributed by atoms with Crippen molar-refractivity contribution in [1.29, 1.82) is 0 Å². The molecule has 0 spiro atoms. The molecule has 1 aliphatic heterocycles. The number of likely N-dealkylation sites (tertiary alicyclic amines) is 1. The zero-order valence-corrected chi connectivity index (χ0v) is 13.1. The lowest BCUT2D eigenvalue weighted by Gasteiger charge is -2.28. The number of rotatable bonds is 2. The maximum Gasteiger partial charge on any atom is 0.293 e. The molecule has 20 heavy (non-hydrogen) atoms. The molecule has 5 nitrogen and oxygen atoms in total. The van der Waals surface area contributed by atoms with Gasteiger partial charge >= 0.3 is 0 Å². The van der Waals surface area contributed by atoms with E-state index in [-0.39, 0.29) is 11.3 Å². The fourth-order valence-electron chi connectivity index (χ4n) is 2.69. The van der Waals surface area contributed by atoms with Crippen LogP contribution in [0.2, 0.25) is 0 Å². The Morgan fingerprint density at radius 2 is 2.10 bits per heavy atom. The van der Waals surface area contributed by atoms with Crippen LogP contribution in [0.4, 0.5) is 0 Å². The molecular formula is C15H26N4O. The fraction of sp³-hybridized carbons (Fsp3) is 0.800. The zero-order chi connectivity index (χ0) is 14.8. The first-order valence-electron chi connectivity index (χ1n) is 7.67. The average molecular weight is 278 g/mol. The van der Waals surface area contributed by atoms with Gasteiger partial charge in [0.15, 0.2) is 0 Å². The van der Waals surface area contributed by atoms with Crippen LogP contribution in [-0.4, -0.2) is 38.6 Å². The summed E-state index contributed by atoms with van der Waals surface area (Å²) in [7, 11) is 0. The van der Waals surface area contributed by atoms with Gasteiger partial charge in [0.25, 0.3) is 5.91 Å². The molecular weight excluding hydrogens is 252 g/mol. The molecule has 1 amide bonds. The summed E-state index contributed by atoms with van der Waals surface area (Å²) >= 11 is 0. The van der Waals surface area contributed by atoms with E-state index in [1.54, 1.807) is 0 Å². The Balaban J connectivity index is 2.18. The maximum atomic E-state index is 12.6. The average Bonchev–Trinajstić information content (AvgIpc) is 2.77. The summed E-state index contributed by atoms with van der Waals surface area (Å²) in [5.74, 6) is 1.06. The number of carbonyl (C=O) groups is 1. The van der Waals surface area contributed by atoms with Crippen LogP contribution in [0.5, 0.6) is 0 Å². The number of nitrogens with zero attached hydrogens (tertiary/aromatic N) is 3. The summed E-state index contributed by atoms with van der Waals surface area (Å²) in [4.78, 5) is 19.0. The van der Waals surface area contributed by atoms with Gasteiger partial charge in [-0.05, 0) is 19.3 Å². The van der Waals surface area contributed by atoms with Gasteiger partial charge in [0.2, 0.25) is 5.82 Å². The van der Waals surface area contributed by atoms with Gasteiger partial charge in [-0.15, -0.1) is 5.10 Å². The van der Waals surface area contributed by atoms with Crippen molar-refractivity contribution in [3.63, 3.8) is 0 Å². The first kappa shape index (κ1) is 15.0. The molecule has 1 atom stereocenters. The molecule has 1 aliphatic rings. The Labute approximate surface area is 121 Å². The minimum Gasteiger partial charge on any atom is -0.333 e. The van der Waals surface area contributed by atoms with Crippen LogP contribution in [0.1, 0.15) is 76.2 Å². The highest BCUT2D eigenvalue weighted by Crippen LogP contribution is 2.22. The minimum atomic E-state index is -0.117. The van der Waals surface area contributed by atoms with E-state index in [0.29, 0.717) is 11.9 Å². The quantitative estimate of drug-likeness (QED) is 0.904. The van der Waals surface area contributed by atoms with Gasteiger partial charge in [-0.25, -0.2) is 4.98 Å². The van der Waals surface area contributed by atoms with Crippen LogP contribution in [0.15, 0.2) is 0 Å². The van der Waals surface area contributed by atoms with Gasteiger partial charge in [-0.2, -0.15) is 0 Å². The number of aromatic amines is 1. The van der Waals surface area contributed by atoms with Crippen LogP contribution < -0.4 is 0 Å². The lowest BCUT2D eigenvalue weighted by atomic mass is 9.96. The molecule has 0 radical (unpaired) electrons. The number of hydrogen-bond donors (Lipinski definition) is 1. The molecule has 1 saturated heterocycles. The van der Waals surface area contributed by atoms with Gasteiger partial charge < -0.3 is 4.90 Å². The third-order valence-electron chi connectivity index (χ3n) is 4.00. The van der Waals surface area contributed by atoms with E-state index >= 15 is 0 Å². The van der Waals surface area contributed by atoms with E-state index in [4.69, 9.17) is 0 Å². The second-order valence-corrected chi connectivity index (χ2v) is 6.67. The lowest BCUT2D eigenvalue weighted by molar-refractivity contribution is 0.0666. The van der Waals surface area contributed by atoms with Crippen LogP contribution in [0.25, 0.3) is 0 Å². The first-order chi connectivity index (χ1) is 9.43. The summed E-state index contributed by atoms with van der Waals surface area (Å²) < 4.78 is 0. The molecule has 5 heteroatoms. The van der Waals surface area contributed by atoms with Crippen molar-refractivity contribution in [2.75, 3.05) is 6.54 Å². The molecule has 1 N–H and O–H groups in total. The highest BCUT2D eigenvalue weighted by atomic mass is 16.2. The zero-order valence-electron chi connectivity index (χ0n) is 13.1. The van der Waals surface area contributed by atoms with Gasteiger partial charge in [0.1, 0.15) is 5.82 Å². The van der Waals surface area contributed by atoms with Gasteiger partial charge in [0, 0.05) is 18.0 Å². The molecule has 2 rings (SSSR count). The second-order valence-electron chi connectivity index (χ2n) is 6.67. The Kier molecular flexibility index (Phi) is 4.45. The summed E-state index contributed by atoms with van der Waals surface area (Å²) in [6, 6.07) is 0.335. The Morgan fingerprint density at radius 3 is 2.70 bits per heavy atom. The van der Waals surface area contributed by atoms with E-state index in [1.807, 2.05) is 4.90 Å². The molecule has 1 aromatic heterocycles. The maximum absolute atomic E-state index is 12.6. The highest BCUT2D eigenvalue weighted by Gasteiger charge is 2.29. The predicted octanol–water partition coefficient (Wildman–Crippen LogP) is 2.90. The van der Waals surface area contributed by atoms with Crippen molar-refractivity contribution in [3.05, 3.63) is 11.6 Å². The molecule has 2 heterocycles. The first-order valence-corrected chi connectivity index (χ1v) is 7.67. The van der Waals surface area contributed by atoms with Crippen molar-refractivity contribution in [1.82, 2.24) is 20.1 Å². The van der Waals surface area contributed by atoms with Crippen LogP contribution in [0.3, 0.4) is 0 Å². The number of hydrogen-bond acceptors (Lipinski definition) is 3. The number of amides is 1. The summed E-state index contributed by atoms with van der Waals surface area (Å²) in [5, 5.41) is 7.04. The van der Waals surface area contributed by atoms with E-state index in [0.717, 1.165) is 31.6 Å². The monoisotopic (exact) mass is 278 g/mol. The van der Waals surface area contributed by atoms with Crippen molar-refractivity contribution in [3.8, 4) is 0 Å². The third-order valence-corrected chi connectivity index (χ3v) is 4.00. The van der Waals surface area contributed by atoms with Crippen LogP contribution in [0, 0.1) is 0 Å². The van der Waals surface area contributed by atoms with E-state index in [9.17, 15) is 4.79 Å². The minimum absolute atomic E-state index is 0.0227. The molecule has 1 fully saturated rings. The van der Waals surface area contributed by atoms with E-state index in [1.165, 1.54) is 12.8 Å². The molecule has 0 aliphatic carbocycles. The van der Waals surface area contributed by atoms with Gasteiger partial charge in [-0.1, -0.05) is 40.5 Å². The molecule has 0 saturated carbocycles. The van der Waals surface area contributed by atoms with Crippen molar-refractivity contribution < 1.29 is 4.79 Å². The third kappa shape index (κ3) is 3.19. The van der Waals surface area contributed by atoms with E-state index < -0.39 is 0 Å². The van der Waals surface area contributed by atoms with Crippen LogP contribution >= 0.6 is 0 Å². The van der Waals surface area contributed by atoms with Crippen LogP contribution in [-0.2, 0) is 5.41 Å². The SMILES string of the molecule is CCC1CCCCCN1C(=O)c1n[nH]c(C(C)(C)C)n1. The summed E-state index contributed by atoms with van der Waals surface area (Å²) in [5.41, 5.74) is -0.117. The highest BCUT2D eigenvalue weighted by molar-refractivity contribution is 5.90. The normalized spacial score (nSPS) is 20.8. The number of nitrogens with one attached hydrogen (secondary N) is 1. The predicted molar refractivity (Wildman–Crippen MR) is 78.7 cm³/mol. The molecule has 1 aromatic rings. The smallest absolute Gasteiger partial charge is 0.293 e. The number of H-pyrrole nitrogens is 1. The largest absolute Gasteiger partial charge is 0.333 e. The second kappa shape index (κ2) is 5.94. The number of carbonyl (C=O) groups excluding carboxylic acids is 1. The van der Waals surface area contributed by atoms with Crippen molar-refractivity contribution >= 4 is 5.91 Å². The standard InChI is InChI=1S/C15H26N4O/c1-5-11-9-7-6-8-10-19(11)13(20)12-16-14(18-17-12)15(2,3)4/h11H,5-10H2,1-4H3,(H,16,17,18). The topological polar surface area (TPSA) is 61.9 Å². The van der Waals surface area contributed by atoms with E-state index in [2.05, 4.69) is 42.9 Å². The summed E-state index contributed by atoms with van der Waals surface area (Å²) in [6.45, 7) is 9.15. The molecule has 112 valence electrons. The number of aromatic nitrogens is 3. The lowest BCUT2D eigenvalue weighted by Crippen LogP contribution is -2.40.